The van der Waals surface area contributed by atoms with E-state index in [0.29, 0.717) is 0 Å². The summed E-state index contributed by atoms with van der Waals surface area (Å²) in [7, 11) is -4.83. The summed E-state index contributed by atoms with van der Waals surface area (Å²) in [5, 5.41) is 27.6. The topological polar surface area (TPSA) is 163 Å². The lowest BCUT2D eigenvalue weighted by atomic mass is 9.98. The van der Waals surface area contributed by atoms with Crippen LogP contribution in [0.2, 0.25) is 0 Å². The van der Waals surface area contributed by atoms with Crippen LogP contribution in [0.3, 0.4) is 0 Å². The van der Waals surface area contributed by atoms with E-state index in [1.165, 1.54) is 0 Å². The van der Waals surface area contributed by atoms with Gasteiger partial charge in [0.15, 0.2) is 6.29 Å². The fourth-order valence-electron chi connectivity index (χ4n) is 1.33. The minimum atomic E-state index is -4.83. The van der Waals surface area contributed by atoms with Gasteiger partial charge in [-0.1, -0.05) is 0 Å². The number of phosphoric ester groups is 1. The quantitative estimate of drug-likeness (QED) is 0.287. The summed E-state index contributed by atoms with van der Waals surface area (Å²) in [6.07, 6.45) is -5.78. The number of ether oxygens (including phenoxy) is 1. The molecule has 0 bridgehead atoms. The Morgan fingerprint density at radius 1 is 1.31 bits per heavy atom. The van der Waals surface area contributed by atoms with E-state index in [1.54, 1.807) is 0 Å². The Bertz CT molecular complexity index is 280. The Labute approximate surface area is 90.6 Å². The fourth-order valence-corrected chi connectivity index (χ4v) is 1.79. The molecule has 0 aliphatic carbocycles. The van der Waals surface area contributed by atoms with E-state index in [1.807, 2.05) is 0 Å². The lowest BCUT2D eigenvalue weighted by Gasteiger charge is -2.40. The monoisotopic (exact) mass is 259 g/mol. The van der Waals surface area contributed by atoms with E-state index in [0.717, 1.165) is 0 Å². The first-order chi connectivity index (χ1) is 7.26. The van der Waals surface area contributed by atoms with Gasteiger partial charge in [-0.25, -0.2) is 4.57 Å². The highest BCUT2D eigenvalue weighted by atomic mass is 31.2. The van der Waals surface area contributed by atoms with E-state index in [2.05, 4.69) is 4.52 Å². The number of hydrogen-bond acceptors (Lipinski definition) is 7. The van der Waals surface area contributed by atoms with Gasteiger partial charge in [-0.15, -0.1) is 0 Å². The molecule has 0 spiro atoms. The van der Waals surface area contributed by atoms with Gasteiger partial charge in [0, 0.05) is 0 Å². The molecule has 10 heteroatoms. The van der Waals surface area contributed by atoms with E-state index < -0.39 is 45.1 Å². The maximum absolute atomic E-state index is 10.6. The Balaban J connectivity index is 2.75. The van der Waals surface area contributed by atoms with Crippen LogP contribution in [0.4, 0.5) is 0 Å². The Morgan fingerprint density at radius 3 is 2.31 bits per heavy atom. The number of hydrogen-bond donors (Lipinski definition) is 6. The van der Waals surface area contributed by atoms with Crippen molar-refractivity contribution in [2.45, 2.75) is 30.6 Å². The Morgan fingerprint density at radius 2 is 1.88 bits per heavy atom. The van der Waals surface area contributed by atoms with Crippen molar-refractivity contribution >= 4 is 7.82 Å². The zero-order valence-corrected chi connectivity index (χ0v) is 8.97. The predicted octanol–water partition coefficient (Wildman–Crippen LogP) is -3.14. The summed E-state index contributed by atoms with van der Waals surface area (Å²) >= 11 is 0. The highest BCUT2D eigenvalue weighted by Crippen LogP contribution is 2.40. The number of aliphatic hydroxyl groups excluding tert-OH is 3. The Hall–Kier alpha value is -0.0900. The van der Waals surface area contributed by atoms with E-state index in [4.69, 9.17) is 25.4 Å². The zero-order chi connectivity index (χ0) is 12.5. The van der Waals surface area contributed by atoms with Gasteiger partial charge in [0.05, 0.1) is 12.6 Å². The minimum Gasteiger partial charge on any atom is -0.394 e. The van der Waals surface area contributed by atoms with Crippen molar-refractivity contribution in [3.8, 4) is 0 Å². The highest BCUT2D eigenvalue weighted by Gasteiger charge is 2.45. The highest BCUT2D eigenvalue weighted by molar-refractivity contribution is 7.46. The van der Waals surface area contributed by atoms with E-state index in [9.17, 15) is 14.8 Å². The van der Waals surface area contributed by atoms with Crippen molar-refractivity contribution in [1.29, 1.82) is 0 Å². The van der Waals surface area contributed by atoms with Crippen LogP contribution in [0, 0.1) is 0 Å². The van der Waals surface area contributed by atoms with Crippen molar-refractivity contribution in [1.82, 2.24) is 0 Å². The van der Waals surface area contributed by atoms with Crippen LogP contribution in [0.5, 0.6) is 0 Å². The molecule has 1 saturated heterocycles. The van der Waals surface area contributed by atoms with Crippen molar-refractivity contribution in [3.05, 3.63) is 0 Å². The molecule has 0 amide bonds. The van der Waals surface area contributed by atoms with Gasteiger partial charge in [0.25, 0.3) is 0 Å². The van der Waals surface area contributed by atoms with Crippen molar-refractivity contribution in [2.24, 2.45) is 5.73 Å². The van der Waals surface area contributed by atoms with Crippen molar-refractivity contribution in [3.63, 3.8) is 0 Å². The third-order valence-electron chi connectivity index (χ3n) is 2.17. The number of rotatable bonds is 3. The van der Waals surface area contributed by atoms with Gasteiger partial charge in [-0.05, 0) is 0 Å². The molecule has 0 radical (unpaired) electrons. The maximum Gasteiger partial charge on any atom is 0.471 e. The van der Waals surface area contributed by atoms with Crippen molar-refractivity contribution < 1.29 is 38.9 Å². The molecule has 1 aliphatic rings. The maximum atomic E-state index is 10.6. The fraction of sp³-hybridized carbons (Fsp3) is 1.00. The van der Waals surface area contributed by atoms with E-state index in [-0.39, 0.29) is 0 Å². The molecule has 1 heterocycles. The van der Waals surface area contributed by atoms with Gasteiger partial charge in [-0.2, -0.15) is 0 Å². The number of nitrogens with two attached hydrogens (primary N) is 1. The average Bonchev–Trinajstić information content (AvgIpc) is 2.17. The van der Waals surface area contributed by atoms with Crippen LogP contribution >= 0.6 is 7.82 Å². The molecule has 96 valence electrons. The molecule has 5 atom stereocenters. The first-order valence-electron chi connectivity index (χ1n) is 4.38. The van der Waals surface area contributed by atoms with Crippen LogP contribution in [0.1, 0.15) is 0 Å². The van der Waals surface area contributed by atoms with Gasteiger partial charge in [0.2, 0.25) is 0 Å². The molecule has 0 saturated carbocycles. The van der Waals surface area contributed by atoms with E-state index >= 15 is 0 Å². The average molecular weight is 259 g/mol. The third-order valence-corrected chi connectivity index (χ3v) is 2.65. The first kappa shape index (κ1) is 14.0. The summed E-state index contributed by atoms with van der Waals surface area (Å²) in [5.74, 6) is 0. The predicted molar refractivity (Wildman–Crippen MR) is 48.9 cm³/mol. The second-order valence-electron chi connectivity index (χ2n) is 3.38. The second-order valence-corrected chi connectivity index (χ2v) is 4.57. The normalized spacial score (nSPS) is 41.0. The first-order valence-corrected chi connectivity index (χ1v) is 5.91. The van der Waals surface area contributed by atoms with Gasteiger partial charge in [0.1, 0.15) is 18.3 Å². The van der Waals surface area contributed by atoms with Crippen LogP contribution in [-0.4, -0.2) is 62.4 Å². The molecule has 9 nitrogen and oxygen atoms in total. The van der Waals surface area contributed by atoms with Gasteiger partial charge in [-0.3, -0.25) is 4.52 Å². The summed E-state index contributed by atoms with van der Waals surface area (Å²) in [4.78, 5) is 17.1. The molecule has 0 aromatic rings. The lowest BCUT2D eigenvalue weighted by Crippen LogP contribution is -2.62. The molecule has 0 aromatic heterocycles. The standard InChI is InChI=1S/C6H14NO8P/c7-3-5(10)4(9)2(1-8)14-6(3)15-16(11,12)13/h2-6,8-10H,1,7H2,(H2,11,12,13)/t2?,3?,4-,5?,6+/m0/s1. The summed E-state index contributed by atoms with van der Waals surface area (Å²) in [6.45, 7) is -0.647. The van der Waals surface area contributed by atoms with Crippen molar-refractivity contribution in [2.75, 3.05) is 6.61 Å². The molecule has 0 aromatic carbocycles. The molecule has 16 heavy (non-hydrogen) atoms. The molecule has 1 rings (SSSR count). The number of aliphatic hydroxyl groups is 3. The number of phosphoric acid groups is 1. The molecule has 7 N–H and O–H groups in total. The molecular weight excluding hydrogens is 245 g/mol. The molecule has 1 aliphatic heterocycles. The summed E-state index contributed by atoms with van der Waals surface area (Å²) in [6, 6.07) is -1.33. The Kier molecular flexibility index (Phi) is 4.41. The van der Waals surface area contributed by atoms with Crippen LogP contribution in [0.25, 0.3) is 0 Å². The summed E-state index contributed by atoms with van der Waals surface area (Å²) < 4.78 is 19.5. The third kappa shape index (κ3) is 3.20. The lowest BCUT2D eigenvalue weighted by molar-refractivity contribution is -0.242. The smallest absolute Gasteiger partial charge is 0.394 e. The largest absolute Gasteiger partial charge is 0.471 e. The zero-order valence-electron chi connectivity index (χ0n) is 8.08. The molecule has 3 unspecified atom stereocenters. The van der Waals surface area contributed by atoms with Crippen LogP contribution in [0.15, 0.2) is 0 Å². The summed E-state index contributed by atoms with van der Waals surface area (Å²) in [5.41, 5.74) is 5.35. The van der Waals surface area contributed by atoms with Gasteiger partial charge < -0.3 is 35.6 Å². The molecule has 1 fully saturated rings. The van der Waals surface area contributed by atoms with Crippen LogP contribution in [-0.2, 0) is 13.8 Å². The SMILES string of the molecule is NC1C(O)[C@@H](O)C(CO)O[C@@H]1OP(=O)(O)O. The van der Waals surface area contributed by atoms with Gasteiger partial charge >= 0.3 is 7.82 Å². The second kappa shape index (κ2) is 5.05. The minimum absolute atomic E-state index is 0.647. The molecular formula is C6H14NO8P. The van der Waals surface area contributed by atoms with Crippen LogP contribution < -0.4 is 5.73 Å².